The van der Waals surface area contributed by atoms with Crippen LogP contribution in [0.2, 0.25) is 5.02 Å². The van der Waals surface area contributed by atoms with Crippen molar-refractivity contribution < 1.29 is 9.63 Å². The summed E-state index contributed by atoms with van der Waals surface area (Å²) in [5, 5.41) is 7.84. The number of hydrogen-bond acceptors (Lipinski definition) is 4. The number of carbonyl (C=O) groups excluding carboxylic acids is 1. The molecule has 0 radical (unpaired) electrons. The van der Waals surface area contributed by atoms with Gasteiger partial charge in [-0.1, -0.05) is 49.7 Å². The number of amides is 2. The summed E-state index contributed by atoms with van der Waals surface area (Å²) in [6.07, 6.45) is 3.81. The molecule has 0 unspecified atom stereocenters. The number of urea groups is 1. The summed E-state index contributed by atoms with van der Waals surface area (Å²) >= 11 is 6.25. The van der Waals surface area contributed by atoms with E-state index in [9.17, 15) is 4.79 Å². The molecule has 1 spiro atoms. The highest BCUT2D eigenvalue weighted by Crippen LogP contribution is 2.37. The average Bonchev–Trinajstić information content (AvgIpc) is 3.12. The number of nitrogens with zero attached hydrogens (tertiary/aromatic N) is 3. The first-order valence-corrected chi connectivity index (χ1v) is 10.7. The molecule has 2 aliphatic rings. The summed E-state index contributed by atoms with van der Waals surface area (Å²) in [6, 6.07) is 11.6. The number of piperidine rings is 1. The SMILES string of the molecule is CC(C)(C)c1ccc(NC(=O)N2CCC3(CC2)CC(c2ncccc2Cl)=NO3)cc1. The van der Waals surface area contributed by atoms with Crippen LogP contribution in [0.15, 0.2) is 47.8 Å². The summed E-state index contributed by atoms with van der Waals surface area (Å²) in [5.41, 5.74) is 3.21. The summed E-state index contributed by atoms with van der Waals surface area (Å²) in [5.74, 6) is 0. The number of likely N-dealkylation sites (tertiary alicyclic amines) is 1. The van der Waals surface area contributed by atoms with Crippen molar-refractivity contribution in [3.8, 4) is 0 Å². The van der Waals surface area contributed by atoms with Crippen molar-refractivity contribution in [2.75, 3.05) is 18.4 Å². The number of carbonyl (C=O) groups is 1. The van der Waals surface area contributed by atoms with Crippen LogP contribution in [0.4, 0.5) is 10.5 Å². The van der Waals surface area contributed by atoms with E-state index in [0.29, 0.717) is 30.2 Å². The predicted octanol–water partition coefficient (Wildman–Crippen LogP) is 5.22. The third-order valence-electron chi connectivity index (χ3n) is 5.84. The molecule has 1 fully saturated rings. The van der Waals surface area contributed by atoms with E-state index in [-0.39, 0.29) is 17.0 Å². The minimum absolute atomic E-state index is 0.0831. The number of benzene rings is 1. The zero-order valence-corrected chi connectivity index (χ0v) is 18.4. The maximum Gasteiger partial charge on any atom is 0.321 e. The predicted molar refractivity (Wildman–Crippen MR) is 119 cm³/mol. The van der Waals surface area contributed by atoms with Gasteiger partial charge in [-0.25, -0.2) is 4.79 Å². The third kappa shape index (κ3) is 4.29. The number of oxime groups is 1. The zero-order chi connectivity index (χ0) is 21.4. The fraction of sp³-hybridized carbons (Fsp3) is 0.435. The summed E-state index contributed by atoms with van der Waals surface area (Å²) in [6.45, 7) is 7.75. The van der Waals surface area contributed by atoms with E-state index in [1.807, 2.05) is 17.0 Å². The molecule has 1 saturated heterocycles. The molecule has 6 nitrogen and oxygen atoms in total. The van der Waals surface area contributed by atoms with Gasteiger partial charge in [-0.3, -0.25) is 4.98 Å². The van der Waals surface area contributed by atoms with E-state index in [0.717, 1.165) is 24.2 Å². The van der Waals surface area contributed by atoms with Gasteiger partial charge in [-0.05, 0) is 35.2 Å². The smallest absolute Gasteiger partial charge is 0.321 e. The van der Waals surface area contributed by atoms with Gasteiger partial charge in [-0.15, -0.1) is 0 Å². The van der Waals surface area contributed by atoms with Crippen molar-refractivity contribution in [2.24, 2.45) is 5.16 Å². The van der Waals surface area contributed by atoms with E-state index in [2.05, 4.69) is 48.4 Å². The van der Waals surface area contributed by atoms with Crippen molar-refractivity contribution in [2.45, 2.75) is 51.0 Å². The number of anilines is 1. The molecule has 158 valence electrons. The molecule has 2 aliphatic heterocycles. The van der Waals surface area contributed by atoms with Crippen LogP contribution in [0.1, 0.15) is 51.3 Å². The van der Waals surface area contributed by atoms with Crippen LogP contribution in [0.5, 0.6) is 0 Å². The molecule has 3 heterocycles. The maximum absolute atomic E-state index is 12.7. The van der Waals surface area contributed by atoms with E-state index in [4.69, 9.17) is 16.4 Å². The molecule has 0 saturated carbocycles. The molecule has 1 aromatic carbocycles. The highest BCUT2D eigenvalue weighted by molar-refractivity contribution is 6.33. The van der Waals surface area contributed by atoms with Gasteiger partial charge >= 0.3 is 6.03 Å². The highest BCUT2D eigenvalue weighted by atomic mass is 35.5. The van der Waals surface area contributed by atoms with Crippen LogP contribution >= 0.6 is 11.6 Å². The van der Waals surface area contributed by atoms with Crippen LogP contribution in [0.3, 0.4) is 0 Å². The molecular formula is C23H27ClN4O2. The van der Waals surface area contributed by atoms with Gasteiger partial charge in [0.05, 0.1) is 5.02 Å². The molecule has 4 rings (SSSR count). The lowest BCUT2D eigenvalue weighted by atomic mass is 9.86. The van der Waals surface area contributed by atoms with Gasteiger partial charge in [-0.2, -0.15) is 0 Å². The van der Waals surface area contributed by atoms with Crippen molar-refractivity contribution >= 4 is 29.0 Å². The largest absolute Gasteiger partial charge is 0.388 e. The third-order valence-corrected chi connectivity index (χ3v) is 6.14. The van der Waals surface area contributed by atoms with Gasteiger partial charge in [0.1, 0.15) is 17.0 Å². The fourth-order valence-corrected chi connectivity index (χ4v) is 4.12. The molecule has 30 heavy (non-hydrogen) atoms. The van der Waals surface area contributed by atoms with Crippen LogP contribution in [0.25, 0.3) is 0 Å². The number of pyridine rings is 1. The number of rotatable bonds is 2. The Kier molecular flexibility index (Phi) is 5.45. The highest BCUT2D eigenvalue weighted by Gasteiger charge is 2.43. The second-order valence-electron chi connectivity index (χ2n) is 9.07. The Labute approximate surface area is 182 Å². The average molecular weight is 427 g/mol. The lowest BCUT2D eigenvalue weighted by molar-refractivity contribution is -0.0544. The van der Waals surface area contributed by atoms with E-state index >= 15 is 0 Å². The summed E-state index contributed by atoms with van der Waals surface area (Å²) in [7, 11) is 0. The normalized spacial score (nSPS) is 18.1. The maximum atomic E-state index is 12.7. The molecule has 0 bridgehead atoms. The molecule has 1 aromatic heterocycles. The molecule has 0 atom stereocenters. The first-order chi connectivity index (χ1) is 14.3. The monoisotopic (exact) mass is 426 g/mol. The van der Waals surface area contributed by atoms with Gasteiger partial charge in [0.25, 0.3) is 0 Å². The molecular weight excluding hydrogens is 400 g/mol. The van der Waals surface area contributed by atoms with Crippen molar-refractivity contribution in [1.82, 2.24) is 9.88 Å². The van der Waals surface area contributed by atoms with Crippen molar-refractivity contribution in [1.29, 1.82) is 0 Å². The Bertz CT molecular complexity index is 958. The van der Waals surface area contributed by atoms with E-state index < -0.39 is 0 Å². The standard InChI is InChI=1S/C23H27ClN4O2/c1-22(2,3)16-6-8-17(9-7-16)26-21(29)28-13-10-23(11-14-28)15-19(27-30-23)20-18(24)5-4-12-25-20/h4-9,12H,10-11,13-15H2,1-3H3,(H,26,29). The Morgan fingerprint density at radius 2 is 1.87 bits per heavy atom. The van der Waals surface area contributed by atoms with Crippen LogP contribution < -0.4 is 5.32 Å². The minimum Gasteiger partial charge on any atom is -0.388 e. The van der Waals surface area contributed by atoms with Gasteiger partial charge in [0.15, 0.2) is 0 Å². The second-order valence-corrected chi connectivity index (χ2v) is 9.47. The lowest BCUT2D eigenvalue weighted by Crippen LogP contribution is -2.48. The Morgan fingerprint density at radius 3 is 2.50 bits per heavy atom. The zero-order valence-electron chi connectivity index (χ0n) is 17.6. The summed E-state index contributed by atoms with van der Waals surface area (Å²) in [4.78, 5) is 24.7. The van der Waals surface area contributed by atoms with Crippen LogP contribution in [-0.2, 0) is 10.3 Å². The van der Waals surface area contributed by atoms with Crippen molar-refractivity contribution in [3.63, 3.8) is 0 Å². The van der Waals surface area contributed by atoms with Crippen molar-refractivity contribution in [3.05, 3.63) is 58.9 Å². The first kappa shape index (κ1) is 20.7. The van der Waals surface area contributed by atoms with E-state index in [1.165, 1.54) is 5.56 Å². The van der Waals surface area contributed by atoms with Gasteiger partial charge in [0.2, 0.25) is 0 Å². The first-order valence-electron chi connectivity index (χ1n) is 10.3. The fourth-order valence-electron chi connectivity index (χ4n) is 3.89. The van der Waals surface area contributed by atoms with Gasteiger partial charge < -0.3 is 15.1 Å². The van der Waals surface area contributed by atoms with Crippen LogP contribution in [-0.4, -0.2) is 40.3 Å². The quantitative estimate of drug-likeness (QED) is 0.715. The van der Waals surface area contributed by atoms with Crippen LogP contribution in [0, 0.1) is 0 Å². The topological polar surface area (TPSA) is 66.8 Å². The van der Waals surface area contributed by atoms with Gasteiger partial charge in [0, 0.05) is 44.2 Å². The number of hydrogen-bond donors (Lipinski definition) is 1. The molecule has 7 heteroatoms. The number of halogens is 1. The Hall–Kier alpha value is -2.60. The number of aromatic nitrogens is 1. The van der Waals surface area contributed by atoms with E-state index in [1.54, 1.807) is 18.3 Å². The molecule has 0 aliphatic carbocycles. The number of nitrogens with one attached hydrogen (secondary N) is 1. The minimum atomic E-state index is -0.374. The Morgan fingerprint density at radius 1 is 1.17 bits per heavy atom. The second kappa shape index (κ2) is 7.91. The lowest BCUT2D eigenvalue weighted by Gasteiger charge is -2.37. The Balaban J connectivity index is 1.33. The molecule has 1 N–H and O–H groups in total. The molecule has 2 amide bonds. The summed E-state index contributed by atoms with van der Waals surface area (Å²) < 4.78 is 0. The molecule has 2 aromatic rings.